The van der Waals surface area contributed by atoms with E-state index in [1.807, 2.05) is 13.0 Å². The van der Waals surface area contributed by atoms with Gasteiger partial charge in [-0.05, 0) is 24.6 Å². The Morgan fingerprint density at radius 2 is 2.41 bits per heavy atom. The lowest BCUT2D eigenvalue weighted by molar-refractivity contribution is -0.123. The summed E-state index contributed by atoms with van der Waals surface area (Å²) in [5, 5.41) is 11.8. The minimum Gasteiger partial charge on any atom is -0.484 e. The Kier molecular flexibility index (Phi) is 5.31. The molecule has 0 radical (unpaired) electrons. The van der Waals surface area contributed by atoms with E-state index in [0.717, 1.165) is 0 Å². The van der Waals surface area contributed by atoms with Crippen LogP contribution < -0.4 is 10.1 Å². The van der Waals surface area contributed by atoms with Crippen LogP contribution in [0.2, 0.25) is 5.02 Å². The van der Waals surface area contributed by atoms with Crippen molar-refractivity contribution in [2.24, 2.45) is 0 Å². The number of ether oxygens (including phenoxy) is 1. The van der Waals surface area contributed by atoms with Gasteiger partial charge >= 0.3 is 0 Å². The van der Waals surface area contributed by atoms with Gasteiger partial charge in [-0.3, -0.25) is 4.79 Å². The highest BCUT2D eigenvalue weighted by Crippen LogP contribution is 2.16. The van der Waals surface area contributed by atoms with E-state index >= 15 is 0 Å². The highest BCUT2D eigenvalue weighted by Gasteiger charge is 2.09. The normalized spacial score (nSPS) is 11.4. The summed E-state index contributed by atoms with van der Waals surface area (Å²) < 4.78 is 5.23. The molecule has 1 aromatic carbocycles. The van der Waals surface area contributed by atoms with E-state index in [1.165, 1.54) is 0 Å². The Bertz CT molecular complexity index is 429. The van der Waals surface area contributed by atoms with Gasteiger partial charge in [-0.15, -0.1) is 0 Å². The maximum atomic E-state index is 11.4. The summed E-state index contributed by atoms with van der Waals surface area (Å²) in [6, 6.07) is 8.30. The van der Waals surface area contributed by atoms with Gasteiger partial charge in [0.15, 0.2) is 6.61 Å². The number of halogens is 1. The van der Waals surface area contributed by atoms with Crippen molar-refractivity contribution >= 4 is 17.5 Å². The number of hydrogen-bond donors (Lipinski definition) is 1. The predicted molar refractivity (Wildman–Crippen MR) is 64.8 cm³/mol. The van der Waals surface area contributed by atoms with Gasteiger partial charge in [0, 0.05) is 5.02 Å². The summed E-state index contributed by atoms with van der Waals surface area (Å²) in [6.45, 7) is 1.70. The molecule has 1 atom stereocenters. The van der Waals surface area contributed by atoms with Crippen molar-refractivity contribution < 1.29 is 9.53 Å². The summed E-state index contributed by atoms with van der Waals surface area (Å²) in [5.41, 5.74) is 0. The molecule has 17 heavy (non-hydrogen) atoms. The number of amides is 1. The van der Waals surface area contributed by atoms with E-state index in [2.05, 4.69) is 5.32 Å². The molecular formula is C12H13ClN2O2. The van der Waals surface area contributed by atoms with Gasteiger partial charge in [0.2, 0.25) is 0 Å². The monoisotopic (exact) mass is 252 g/mol. The van der Waals surface area contributed by atoms with Gasteiger partial charge in [-0.25, -0.2) is 0 Å². The molecule has 5 heteroatoms. The van der Waals surface area contributed by atoms with Crippen molar-refractivity contribution in [2.45, 2.75) is 19.4 Å². The molecular weight excluding hydrogens is 240 g/mol. The number of rotatable bonds is 5. The molecule has 0 aliphatic carbocycles. The van der Waals surface area contributed by atoms with E-state index in [9.17, 15) is 4.79 Å². The summed E-state index contributed by atoms with van der Waals surface area (Å²) in [5.74, 6) is 0.205. The fourth-order valence-electron chi connectivity index (χ4n) is 1.17. The molecule has 0 spiro atoms. The molecule has 90 valence electrons. The highest BCUT2D eigenvalue weighted by atomic mass is 35.5. The first kappa shape index (κ1) is 13.3. The number of benzene rings is 1. The predicted octanol–water partition coefficient (Wildman–Crippen LogP) is 2.14. The number of hydrogen-bond acceptors (Lipinski definition) is 3. The van der Waals surface area contributed by atoms with Crippen LogP contribution in [0, 0.1) is 11.3 Å². The second kappa shape index (κ2) is 6.77. The molecule has 1 rings (SSSR count). The Balaban J connectivity index is 2.41. The van der Waals surface area contributed by atoms with Gasteiger partial charge < -0.3 is 10.1 Å². The minimum atomic E-state index is -0.467. The van der Waals surface area contributed by atoms with E-state index in [-0.39, 0.29) is 12.5 Å². The van der Waals surface area contributed by atoms with E-state index < -0.39 is 6.04 Å². The molecule has 4 nitrogen and oxygen atoms in total. The molecule has 0 aliphatic heterocycles. The SMILES string of the molecule is CCC(C#N)NC(=O)COc1cccc(Cl)c1. The quantitative estimate of drug-likeness (QED) is 0.873. The number of nitriles is 1. The highest BCUT2D eigenvalue weighted by molar-refractivity contribution is 6.30. The van der Waals surface area contributed by atoms with Gasteiger partial charge in [0.25, 0.3) is 5.91 Å². The van der Waals surface area contributed by atoms with Crippen LogP contribution in [-0.4, -0.2) is 18.6 Å². The molecule has 0 bridgehead atoms. The topological polar surface area (TPSA) is 62.1 Å². The molecule has 0 saturated carbocycles. The Morgan fingerprint density at radius 3 is 3.00 bits per heavy atom. The molecule has 0 aliphatic rings. The van der Waals surface area contributed by atoms with Crippen molar-refractivity contribution in [3.63, 3.8) is 0 Å². The van der Waals surface area contributed by atoms with Crippen LogP contribution in [0.25, 0.3) is 0 Å². The number of carbonyl (C=O) groups excluding carboxylic acids is 1. The third kappa shape index (κ3) is 4.75. The second-order valence-electron chi connectivity index (χ2n) is 3.40. The molecule has 1 amide bonds. The van der Waals surface area contributed by atoms with Crippen LogP contribution in [0.15, 0.2) is 24.3 Å². The zero-order valence-corrected chi connectivity index (χ0v) is 10.2. The third-order valence-corrected chi connectivity index (χ3v) is 2.30. The van der Waals surface area contributed by atoms with Crippen LogP contribution in [-0.2, 0) is 4.79 Å². The van der Waals surface area contributed by atoms with Crippen molar-refractivity contribution in [1.82, 2.24) is 5.32 Å². The lowest BCUT2D eigenvalue weighted by Gasteiger charge is -2.10. The number of nitrogens with one attached hydrogen (secondary N) is 1. The first-order valence-electron chi connectivity index (χ1n) is 5.23. The molecule has 1 unspecified atom stereocenters. The Labute approximate surface area is 105 Å². The number of nitrogens with zero attached hydrogens (tertiary/aromatic N) is 1. The summed E-state index contributed by atoms with van der Waals surface area (Å²) in [7, 11) is 0. The lowest BCUT2D eigenvalue weighted by Crippen LogP contribution is -2.36. The van der Waals surface area contributed by atoms with Crippen molar-refractivity contribution in [3.05, 3.63) is 29.3 Å². The van der Waals surface area contributed by atoms with Gasteiger partial charge in [-0.2, -0.15) is 5.26 Å². The Hall–Kier alpha value is -1.73. The van der Waals surface area contributed by atoms with Crippen LogP contribution >= 0.6 is 11.6 Å². The van der Waals surface area contributed by atoms with E-state index in [0.29, 0.717) is 17.2 Å². The average molecular weight is 253 g/mol. The van der Waals surface area contributed by atoms with Crippen LogP contribution in [0.4, 0.5) is 0 Å². The fraction of sp³-hybridized carbons (Fsp3) is 0.333. The molecule has 0 heterocycles. The van der Waals surface area contributed by atoms with Crippen LogP contribution in [0.3, 0.4) is 0 Å². The van der Waals surface area contributed by atoms with Crippen molar-refractivity contribution in [3.8, 4) is 11.8 Å². The van der Waals surface area contributed by atoms with E-state index in [1.54, 1.807) is 24.3 Å². The van der Waals surface area contributed by atoms with Crippen molar-refractivity contribution in [1.29, 1.82) is 5.26 Å². The number of carbonyl (C=O) groups is 1. The average Bonchev–Trinajstić information content (AvgIpc) is 2.33. The fourth-order valence-corrected chi connectivity index (χ4v) is 1.35. The second-order valence-corrected chi connectivity index (χ2v) is 3.84. The third-order valence-electron chi connectivity index (χ3n) is 2.07. The first-order chi connectivity index (χ1) is 8.15. The van der Waals surface area contributed by atoms with Gasteiger partial charge in [0.1, 0.15) is 11.8 Å². The van der Waals surface area contributed by atoms with Crippen molar-refractivity contribution in [2.75, 3.05) is 6.61 Å². The maximum Gasteiger partial charge on any atom is 0.258 e. The van der Waals surface area contributed by atoms with Crippen LogP contribution in [0.5, 0.6) is 5.75 Å². The lowest BCUT2D eigenvalue weighted by atomic mass is 10.2. The molecule has 1 N–H and O–H groups in total. The molecule has 0 fully saturated rings. The standard InChI is InChI=1S/C12H13ClN2O2/c1-2-10(7-14)15-12(16)8-17-11-5-3-4-9(13)6-11/h3-6,10H,2,8H2,1H3,(H,15,16). The summed E-state index contributed by atoms with van der Waals surface area (Å²) in [4.78, 5) is 11.4. The zero-order valence-electron chi connectivity index (χ0n) is 9.44. The van der Waals surface area contributed by atoms with E-state index in [4.69, 9.17) is 21.6 Å². The molecule has 1 aromatic rings. The smallest absolute Gasteiger partial charge is 0.258 e. The molecule has 0 aromatic heterocycles. The first-order valence-corrected chi connectivity index (χ1v) is 5.61. The summed E-state index contributed by atoms with van der Waals surface area (Å²) in [6.07, 6.45) is 0.569. The summed E-state index contributed by atoms with van der Waals surface area (Å²) >= 11 is 5.77. The zero-order chi connectivity index (χ0) is 12.7. The largest absolute Gasteiger partial charge is 0.484 e. The van der Waals surface area contributed by atoms with Gasteiger partial charge in [-0.1, -0.05) is 24.6 Å². The molecule has 0 saturated heterocycles. The Morgan fingerprint density at radius 1 is 1.65 bits per heavy atom. The van der Waals surface area contributed by atoms with Gasteiger partial charge in [0.05, 0.1) is 6.07 Å². The maximum absolute atomic E-state index is 11.4. The van der Waals surface area contributed by atoms with Crippen LogP contribution in [0.1, 0.15) is 13.3 Å². The minimum absolute atomic E-state index is 0.126.